The first kappa shape index (κ1) is 19.2. The van der Waals surface area contributed by atoms with Crippen LogP contribution in [0.25, 0.3) is 0 Å². The van der Waals surface area contributed by atoms with Crippen molar-refractivity contribution in [2.24, 2.45) is 0 Å². The van der Waals surface area contributed by atoms with Crippen LogP contribution in [0.15, 0.2) is 48.5 Å². The zero-order chi connectivity index (χ0) is 18.9. The van der Waals surface area contributed by atoms with Gasteiger partial charge < -0.3 is 15.4 Å². The summed E-state index contributed by atoms with van der Waals surface area (Å²) in [5.41, 5.74) is 1.52. The molecule has 0 aliphatic heterocycles. The Hall–Kier alpha value is -3.15. The van der Waals surface area contributed by atoms with Crippen molar-refractivity contribution in [1.82, 2.24) is 5.32 Å². The maximum absolute atomic E-state index is 12.4. The smallest absolute Gasteiger partial charge is 0.339 e. The Bertz CT molecular complexity index is 785. The summed E-state index contributed by atoms with van der Waals surface area (Å²) in [5.74, 6) is -1.07. The largest absolute Gasteiger partial charge is 0.465 e. The van der Waals surface area contributed by atoms with Gasteiger partial charge in [0, 0.05) is 17.7 Å². The van der Waals surface area contributed by atoms with Crippen molar-refractivity contribution in [3.63, 3.8) is 0 Å². The molecule has 0 aliphatic rings. The van der Waals surface area contributed by atoms with Gasteiger partial charge in [0.05, 0.1) is 18.4 Å². The van der Waals surface area contributed by atoms with Gasteiger partial charge >= 0.3 is 5.97 Å². The fourth-order valence-corrected chi connectivity index (χ4v) is 2.33. The molecule has 2 N–H and O–H groups in total. The summed E-state index contributed by atoms with van der Waals surface area (Å²) in [7, 11) is 1.28. The highest BCUT2D eigenvalue weighted by atomic mass is 16.5. The van der Waals surface area contributed by atoms with Crippen molar-refractivity contribution in [3.8, 4) is 0 Å². The molecule has 6 heteroatoms. The second-order valence-electron chi connectivity index (χ2n) is 5.68. The lowest BCUT2D eigenvalue weighted by Crippen LogP contribution is -2.24. The number of esters is 1. The van der Waals surface area contributed by atoms with E-state index >= 15 is 0 Å². The molecule has 0 saturated heterocycles. The van der Waals surface area contributed by atoms with Gasteiger partial charge in [0.25, 0.3) is 11.8 Å². The number of hydrogen-bond acceptors (Lipinski definition) is 4. The van der Waals surface area contributed by atoms with Crippen LogP contribution in [0.3, 0.4) is 0 Å². The fourth-order valence-electron chi connectivity index (χ4n) is 2.33. The topological polar surface area (TPSA) is 84.5 Å². The second kappa shape index (κ2) is 9.36. The molecule has 0 heterocycles. The summed E-state index contributed by atoms with van der Waals surface area (Å²) in [4.78, 5) is 36.1. The minimum atomic E-state index is -0.528. The summed E-state index contributed by atoms with van der Waals surface area (Å²) >= 11 is 0. The van der Waals surface area contributed by atoms with E-state index in [9.17, 15) is 14.4 Å². The van der Waals surface area contributed by atoms with E-state index in [1.54, 1.807) is 48.5 Å². The molecule has 136 valence electrons. The van der Waals surface area contributed by atoms with Gasteiger partial charge in [-0.2, -0.15) is 0 Å². The maximum atomic E-state index is 12.4. The number of ether oxygens (including phenoxy) is 1. The number of benzene rings is 2. The number of methoxy groups -OCH3 is 1. The summed E-state index contributed by atoms with van der Waals surface area (Å²) in [6.07, 6.45) is 1.93. The van der Waals surface area contributed by atoms with E-state index in [0.717, 1.165) is 12.8 Å². The summed E-state index contributed by atoms with van der Waals surface area (Å²) in [6.45, 7) is 2.68. The van der Waals surface area contributed by atoms with Gasteiger partial charge in [-0.25, -0.2) is 4.79 Å². The molecule has 0 atom stereocenters. The quantitative estimate of drug-likeness (QED) is 0.590. The highest BCUT2D eigenvalue weighted by Crippen LogP contribution is 2.17. The van der Waals surface area contributed by atoms with Gasteiger partial charge in [0.15, 0.2) is 0 Å². The summed E-state index contributed by atoms with van der Waals surface area (Å²) in [6, 6.07) is 12.9. The number of para-hydroxylation sites is 1. The van der Waals surface area contributed by atoms with Crippen molar-refractivity contribution in [2.45, 2.75) is 19.8 Å². The van der Waals surface area contributed by atoms with Gasteiger partial charge in [-0.05, 0) is 42.8 Å². The molecule has 0 fully saturated rings. The van der Waals surface area contributed by atoms with Gasteiger partial charge in [0.1, 0.15) is 0 Å². The maximum Gasteiger partial charge on any atom is 0.339 e. The van der Waals surface area contributed by atoms with E-state index in [4.69, 9.17) is 4.74 Å². The minimum Gasteiger partial charge on any atom is -0.465 e. The van der Waals surface area contributed by atoms with E-state index in [2.05, 4.69) is 17.6 Å². The van der Waals surface area contributed by atoms with Gasteiger partial charge in [0.2, 0.25) is 0 Å². The van der Waals surface area contributed by atoms with Gasteiger partial charge in [-0.15, -0.1) is 0 Å². The number of nitrogens with one attached hydrogen (secondary N) is 2. The molecule has 0 aromatic heterocycles. The third-order valence-electron chi connectivity index (χ3n) is 3.81. The normalized spacial score (nSPS) is 10.1. The van der Waals surface area contributed by atoms with E-state index < -0.39 is 5.97 Å². The van der Waals surface area contributed by atoms with Crippen LogP contribution in [0.4, 0.5) is 5.69 Å². The molecule has 0 radical (unpaired) electrons. The monoisotopic (exact) mass is 354 g/mol. The molecular formula is C20H22N2O4. The van der Waals surface area contributed by atoms with Crippen LogP contribution < -0.4 is 10.6 Å². The van der Waals surface area contributed by atoms with Gasteiger partial charge in [-0.3, -0.25) is 9.59 Å². The molecule has 2 amide bonds. The predicted molar refractivity (Wildman–Crippen MR) is 99.4 cm³/mol. The molecule has 0 spiro atoms. The Morgan fingerprint density at radius 2 is 1.54 bits per heavy atom. The lowest BCUT2D eigenvalue weighted by Gasteiger charge is -2.10. The van der Waals surface area contributed by atoms with Crippen LogP contribution in [-0.4, -0.2) is 31.4 Å². The number of anilines is 1. The molecule has 0 saturated carbocycles. The summed E-state index contributed by atoms with van der Waals surface area (Å²) < 4.78 is 4.71. The molecule has 0 aliphatic carbocycles. The molecule has 0 bridgehead atoms. The second-order valence-corrected chi connectivity index (χ2v) is 5.68. The lowest BCUT2D eigenvalue weighted by molar-refractivity contribution is 0.0601. The summed E-state index contributed by atoms with van der Waals surface area (Å²) in [5, 5.41) is 5.52. The standard InChI is InChI=1S/C20H22N2O4/c1-3-4-13-21-18(23)14-9-11-15(12-10-14)19(24)22-17-8-6-5-7-16(17)20(25)26-2/h5-12H,3-4,13H2,1-2H3,(H,21,23)(H,22,24). The van der Waals surface area contributed by atoms with Crippen LogP contribution in [-0.2, 0) is 4.74 Å². The Morgan fingerprint density at radius 1 is 0.923 bits per heavy atom. The lowest BCUT2D eigenvalue weighted by atomic mass is 10.1. The third-order valence-corrected chi connectivity index (χ3v) is 3.81. The highest BCUT2D eigenvalue weighted by molar-refractivity contribution is 6.08. The predicted octanol–water partition coefficient (Wildman–Crippen LogP) is 3.26. The first-order valence-electron chi connectivity index (χ1n) is 8.43. The zero-order valence-electron chi connectivity index (χ0n) is 14.9. The van der Waals surface area contributed by atoms with E-state index in [-0.39, 0.29) is 17.4 Å². The van der Waals surface area contributed by atoms with Crippen molar-refractivity contribution < 1.29 is 19.1 Å². The number of amides is 2. The highest BCUT2D eigenvalue weighted by Gasteiger charge is 2.14. The Kier molecular flexibility index (Phi) is 6.91. The average molecular weight is 354 g/mol. The Labute approximate surface area is 152 Å². The number of rotatable bonds is 7. The molecule has 6 nitrogen and oxygen atoms in total. The first-order chi connectivity index (χ1) is 12.6. The Balaban J connectivity index is 2.07. The van der Waals surface area contributed by atoms with Crippen LogP contribution in [0.2, 0.25) is 0 Å². The van der Waals surface area contributed by atoms with Crippen LogP contribution in [0.5, 0.6) is 0 Å². The SMILES string of the molecule is CCCCNC(=O)c1ccc(C(=O)Nc2ccccc2C(=O)OC)cc1. The van der Waals surface area contributed by atoms with Crippen LogP contribution >= 0.6 is 0 Å². The van der Waals surface area contributed by atoms with E-state index in [0.29, 0.717) is 23.4 Å². The molecule has 2 aromatic rings. The van der Waals surface area contributed by atoms with Crippen molar-refractivity contribution in [1.29, 1.82) is 0 Å². The van der Waals surface area contributed by atoms with Crippen molar-refractivity contribution in [3.05, 3.63) is 65.2 Å². The number of unbranched alkanes of at least 4 members (excludes halogenated alkanes) is 1. The zero-order valence-corrected chi connectivity index (χ0v) is 14.9. The first-order valence-corrected chi connectivity index (χ1v) is 8.43. The Morgan fingerprint density at radius 3 is 2.15 bits per heavy atom. The molecule has 2 aromatic carbocycles. The van der Waals surface area contributed by atoms with Gasteiger partial charge in [-0.1, -0.05) is 25.5 Å². The van der Waals surface area contributed by atoms with Crippen LogP contribution in [0, 0.1) is 0 Å². The van der Waals surface area contributed by atoms with E-state index in [1.807, 2.05) is 0 Å². The molecule has 26 heavy (non-hydrogen) atoms. The van der Waals surface area contributed by atoms with E-state index in [1.165, 1.54) is 7.11 Å². The number of carbonyl (C=O) groups excluding carboxylic acids is 3. The molecule has 0 unspecified atom stereocenters. The number of hydrogen-bond donors (Lipinski definition) is 2. The average Bonchev–Trinajstić information content (AvgIpc) is 2.68. The fraction of sp³-hybridized carbons (Fsp3) is 0.250. The number of carbonyl (C=O) groups is 3. The van der Waals surface area contributed by atoms with Crippen molar-refractivity contribution >= 4 is 23.5 Å². The molecular weight excluding hydrogens is 332 g/mol. The van der Waals surface area contributed by atoms with Crippen molar-refractivity contribution in [2.75, 3.05) is 19.0 Å². The van der Waals surface area contributed by atoms with Crippen LogP contribution in [0.1, 0.15) is 50.8 Å². The minimum absolute atomic E-state index is 0.165. The third kappa shape index (κ3) is 4.92. The molecule has 2 rings (SSSR count).